The number of rotatable bonds is 7. The highest BCUT2D eigenvalue weighted by atomic mass is 16.5. The Morgan fingerprint density at radius 1 is 1.04 bits per heavy atom. The molecule has 144 valence electrons. The third kappa shape index (κ3) is 5.55. The molecule has 5 nitrogen and oxygen atoms in total. The van der Waals surface area contributed by atoms with Crippen LogP contribution in [-0.4, -0.2) is 62.6 Å². The summed E-state index contributed by atoms with van der Waals surface area (Å²) < 4.78 is 5.17. The number of nitrogens with zero attached hydrogens (tertiary/aromatic N) is 2. The maximum absolute atomic E-state index is 12.5. The summed E-state index contributed by atoms with van der Waals surface area (Å²) in [4.78, 5) is 17.3. The molecule has 0 spiro atoms. The van der Waals surface area contributed by atoms with Gasteiger partial charge in [-0.3, -0.25) is 9.69 Å². The van der Waals surface area contributed by atoms with E-state index in [0.29, 0.717) is 13.0 Å². The lowest BCUT2D eigenvalue weighted by atomic mass is 10.0. The molecule has 27 heavy (non-hydrogen) atoms. The number of carbonyl (C=O) groups is 1. The SMILES string of the molecule is COc1ccc(CC(=O)NCC(c2ccccc2)N2CCN(C)CC2)cc1. The molecule has 2 aromatic carbocycles. The number of piperazine rings is 1. The molecule has 1 aliphatic rings. The minimum atomic E-state index is 0.0511. The Labute approximate surface area is 161 Å². The first-order valence-electron chi connectivity index (χ1n) is 9.53. The highest BCUT2D eigenvalue weighted by molar-refractivity contribution is 5.78. The van der Waals surface area contributed by atoms with Crippen LogP contribution in [0.3, 0.4) is 0 Å². The van der Waals surface area contributed by atoms with Crippen molar-refractivity contribution in [2.75, 3.05) is 46.9 Å². The number of amides is 1. The van der Waals surface area contributed by atoms with E-state index in [1.165, 1.54) is 5.56 Å². The zero-order valence-electron chi connectivity index (χ0n) is 16.2. The maximum atomic E-state index is 12.5. The van der Waals surface area contributed by atoms with E-state index in [4.69, 9.17) is 4.74 Å². The zero-order chi connectivity index (χ0) is 19.1. The average Bonchev–Trinajstić information content (AvgIpc) is 2.71. The van der Waals surface area contributed by atoms with Crippen molar-refractivity contribution in [3.63, 3.8) is 0 Å². The highest BCUT2D eigenvalue weighted by Crippen LogP contribution is 2.21. The van der Waals surface area contributed by atoms with E-state index in [0.717, 1.165) is 37.5 Å². The van der Waals surface area contributed by atoms with Crippen molar-refractivity contribution in [3.8, 4) is 5.75 Å². The minimum absolute atomic E-state index is 0.0511. The van der Waals surface area contributed by atoms with E-state index in [-0.39, 0.29) is 11.9 Å². The van der Waals surface area contributed by atoms with Crippen molar-refractivity contribution in [3.05, 3.63) is 65.7 Å². The molecule has 1 atom stereocenters. The van der Waals surface area contributed by atoms with Crippen molar-refractivity contribution in [2.45, 2.75) is 12.5 Å². The molecule has 1 amide bonds. The van der Waals surface area contributed by atoms with Crippen LogP contribution in [0.15, 0.2) is 54.6 Å². The van der Waals surface area contributed by atoms with Gasteiger partial charge in [-0.05, 0) is 30.3 Å². The largest absolute Gasteiger partial charge is 0.497 e. The summed E-state index contributed by atoms with van der Waals surface area (Å²) in [5.74, 6) is 0.855. The Morgan fingerprint density at radius 3 is 2.33 bits per heavy atom. The summed E-state index contributed by atoms with van der Waals surface area (Å²) in [6, 6.07) is 18.3. The first-order chi connectivity index (χ1) is 13.2. The van der Waals surface area contributed by atoms with Gasteiger partial charge in [0, 0.05) is 32.7 Å². The van der Waals surface area contributed by atoms with E-state index in [1.54, 1.807) is 7.11 Å². The van der Waals surface area contributed by atoms with Gasteiger partial charge in [0.2, 0.25) is 5.91 Å². The smallest absolute Gasteiger partial charge is 0.224 e. The van der Waals surface area contributed by atoms with E-state index in [9.17, 15) is 4.79 Å². The fourth-order valence-electron chi connectivity index (χ4n) is 3.47. The molecule has 2 aromatic rings. The van der Waals surface area contributed by atoms with E-state index in [2.05, 4.69) is 46.4 Å². The monoisotopic (exact) mass is 367 g/mol. The third-order valence-electron chi connectivity index (χ3n) is 5.18. The van der Waals surface area contributed by atoms with E-state index < -0.39 is 0 Å². The van der Waals surface area contributed by atoms with Crippen molar-refractivity contribution in [2.24, 2.45) is 0 Å². The first kappa shape index (κ1) is 19.4. The predicted octanol–water partition coefficient (Wildman–Crippen LogP) is 2.34. The van der Waals surface area contributed by atoms with Crippen LogP contribution in [0.1, 0.15) is 17.2 Å². The van der Waals surface area contributed by atoms with Gasteiger partial charge in [-0.25, -0.2) is 0 Å². The van der Waals surface area contributed by atoms with Gasteiger partial charge in [-0.1, -0.05) is 42.5 Å². The highest BCUT2D eigenvalue weighted by Gasteiger charge is 2.24. The molecule has 1 fully saturated rings. The number of likely N-dealkylation sites (N-methyl/N-ethyl adjacent to an activating group) is 1. The lowest BCUT2D eigenvalue weighted by Gasteiger charge is -2.38. The second-order valence-corrected chi connectivity index (χ2v) is 7.09. The Morgan fingerprint density at radius 2 is 1.70 bits per heavy atom. The molecule has 0 aliphatic carbocycles. The molecule has 1 unspecified atom stereocenters. The Kier molecular flexibility index (Phi) is 6.85. The van der Waals surface area contributed by atoms with Gasteiger partial charge in [0.25, 0.3) is 0 Å². The molecule has 3 rings (SSSR count). The molecule has 0 saturated carbocycles. The van der Waals surface area contributed by atoms with Gasteiger partial charge in [-0.2, -0.15) is 0 Å². The summed E-state index contributed by atoms with van der Waals surface area (Å²) in [5.41, 5.74) is 2.25. The number of ether oxygens (including phenoxy) is 1. The van der Waals surface area contributed by atoms with Crippen molar-refractivity contribution < 1.29 is 9.53 Å². The fraction of sp³-hybridized carbons (Fsp3) is 0.409. The number of benzene rings is 2. The van der Waals surface area contributed by atoms with E-state index in [1.807, 2.05) is 30.3 Å². The molecule has 5 heteroatoms. The van der Waals surface area contributed by atoms with E-state index >= 15 is 0 Å². The lowest BCUT2D eigenvalue weighted by molar-refractivity contribution is -0.120. The fourth-order valence-corrected chi connectivity index (χ4v) is 3.47. The quantitative estimate of drug-likeness (QED) is 0.816. The van der Waals surface area contributed by atoms with Crippen LogP contribution in [0.4, 0.5) is 0 Å². The normalized spacial score (nSPS) is 16.7. The summed E-state index contributed by atoms with van der Waals surface area (Å²) >= 11 is 0. The van der Waals surface area contributed by atoms with Crippen LogP contribution >= 0.6 is 0 Å². The number of carbonyl (C=O) groups excluding carboxylic acids is 1. The van der Waals surface area contributed by atoms with Gasteiger partial charge in [-0.15, -0.1) is 0 Å². The number of hydrogen-bond acceptors (Lipinski definition) is 4. The van der Waals surface area contributed by atoms with Crippen LogP contribution < -0.4 is 10.1 Å². The predicted molar refractivity (Wildman–Crippen MR) is 108 cm³/mol. The second kappa shape index (κ2) is 9.53. The zero-order valence-corrected chi connectivity index (χ0v) is 16.2. The van der Waals surface area contributed by atoms with Crippen LogP contribution in [0.25, 0.3) is 0 Å². The molecule has 0 bridgehead atoms. The molecule has 1 heterocycles. The van der Waals surface area contributed by atoms with Gasteiger partial charge < -0.3 is 15.0 Å². The van der Waals surface area contributed by atoms with Crippen LogP contribution in [-0.2, 0) is 11.2 Å². The topological polar surface area (TPSA) is 44.8 Å². The minimum Gasteiger partial charge on any atom is -0.497 e. The third-order valence-corrected chi connectivity index (χ3v) is 5.18. The number of nitrogens with one attached hydrogen (secondary N) is 1. The first-order valence-corrected chi connectivity index (χ1v) is 9.53. The van der Waals surface area contributed by atoms with Crippen molar-refractivity contribution in [1.29, 1.82) is 0 Å². The molecule has 1 saturated heterocycles. The maximum Gasteiger partial charge on any atom is 0.224 e. The van der Waals surface area contributed by atoms with Crippen molar-refractivity contribution >= 4 is 5.91 Å². The molecular formula is C22H29N3O2. The molecule has 1 aliphatic heterocycles. The standard InChI is InChI=1S/C22H29N3O2/c1-24-12-14-25(15-13-24)21(19-6-4-3-5-7-19)17-23-22(26)16-18-8-10-20(27-2)11-9-18/h3-11,21H,12-17H2,1-2H3,(H,23,26). The van der Waals surface area contributed by atoms with Crippen LogP contribution in [0.2, 0.25) is 0 Å². The lowest BCUT2D eigenvalue weighted by Crippen LogP contribution is -2.48. The molecular weight excluding hydrogens is 338 g/mol. The van der Waals surface area contributed by atoms with Gasteiger partial charge in [0.15, 0.2) is 0 Å². The summed E-state index contributed by atoms with van der Waals surface area (Å²) in [7, 11) is 3.80. The average molecular weight is 367 g/mol. The van der Waals surface area contributed by atoms with Crippen LogP contribution in [0, 0.1) is 0 Å². The van der Waals surface area contributed by atoms with Gasteiger partial charge >= 0.3 is 0 Å². The Bertz CT molecular complexity index is 710. The van der Waals surface area contributed by atoms with Crippen molar-refractivity contribution in [1.82, 2.24) is 15.1 Å². The number of methoxy groups -OCH3 is 1. The second-order valence-electron chi connectivity index (χ2n) is 7.09. The molecule has 1 N–H and O–H groups in total. The Hall–Kier alpha value is -2.37. The van der Waals surface area contributed by atoms with Crippen LogP contribution in [0.5, 0.6) is 5.75 Å². The molecule has 0 aromatic heterocycles. The summed E-state index contributed by atoms with van der Waals surface area (Å²) in [5, 5.41) is 3.14. The summed E-state index contributed by atoms with van der Waals surface area (Å²) in [6.07, 6.45) is 0.383. The number of hydrogen-bond donors (Lipinski definition) is 1. The Balaban J connectivity index is 1.60. The summed E-state index contributed by atoms with van der Waals surface area (Å²) in [6.45, 7) is 4.78. The molecule has 0 radical (unpaired) electrons. The van der Waals surface area contributed by atoms with Gasteiger partial charge in [0.1, 0.15) is 5.75 Å². The van der Waals surface area contributed by atoms with Gasteiger partial charge in [0.05, 0.1) is 19.6 Å².